The molecule has 1 heterocycles. The van der Waals surface area contributed by atoms with E-state index in [1.165, 1.54) is 18.2 Å². The third-order valence-electron chi connectivity index (χ3n) is 2.54. The predicted molar refractivity (Wildman–Crippen MR) is 80.4 cm³/mol. The Labute approximate surface area is 125 Å². The molecule has 2 rings (SSSR count). The van der Waals surface area contributed by atoms with Crippen LogP contribution in [-0.4, -0.2) is 22.6 Å². The van der Waals surface area contributed by atoms with Crippen molar-refractivity contribution < 1.29 is 9.90 Å². The summed E-state index contributed by atoms with van der Waals surface area (Å²) in [5.74, 6) is 4.72. The number of aromatic amines is 1. The Morgan fingerprint density at radius 3 is 2.86 bits per heavy atom. The van der Waals surface area contributed by atoms with Crippen molar-refractivity contribution in [2.75, 3.05) is 11.9 Å². The van der Waals surface area contributed by atoms with Crippen molar-refractivity contribution in [3.63, 3.8) is 0 Å². The highest BCUT2D eigenvalue weighted by Crippen LogP contribution is 2.20. The lowest BCUT2D eigenvalue weighted by atomic mass is 10.1. The molecule has 0 fully saturated rings. The van der Waals surface area contributed by atoms with Gasteiger partial charge in [-0.1, -0.05) is 29.5 Å². The van der Waals surface area contributed by atoms with Gasteiger partial charge in [-0.25, -0.2) is 0 Å². The van der Waals surface area contributed by atoms with Gasteiger partial charge in [0.1, 0.15) is 12.3 Å². The number of H-pyrrole nitrogens is 1. The Balaban J connectivity index is 2.31. The molecule has 5 nitrogen and oxygen atoms in total. The minimum absolute atomic E-state index is 0.138. The van der Waals surface area contributed by atoms with E-state index in [4.69, 9.17) is 16.7 Å². The number of benzene rings is 1. The van der Waals surface area contributed by atoms with Gasteiger partial charge in [-0.3, -0.25) is 9.59 Å². The summed E-state index contributed by atoms with van der Waals surface area (Å²) in [4.78, 5) is 25.7. The lowest BCUT2D eigenvalue weighted by Gasteiger charge is -2.07. The number of hydrogen-bond donors (Lipinski definition) is 3. The van der Waals surface area contributed by atoms with Crippen molar-refractivity contribution in [2.45, 2.75) is 0 Å². The lowest BCUT2D eigenvalue weighted by Crippen LogP contribution is -2.18. The maximum Gasteiger partial charge on any atom is 0.272 e. The van der Waals surface area contributed by atoms with E-state index in [0.29, 0.717) is 16.3 Å². The largest absolute Gasteiger partial charge is 0.384 e. The minimum atomic E-state index is -0.470. The highest BCUT2D eigenvalue weighted by molar-refractivity contribution is 6.30. The summed E-state index contributed by atoms with van der Waals surface area (Å²) in [6.07, 6.45) is 0. The molecule has 2 aromatic rings. The molecule has 0 saturated carbocycles. The number of pyridine rings is 1. The van der Waals surface area contributed by atoms with Crippen molar-refractivity contribution in [3.8, 4) is 11.8 Å². The Hall–Kier alpha value is -2.55. The number of aliphatic hydroxyl groups is 1. The van der Waals surface area contributed by atoms with Crippen LogP contribution in [0.3, 0.4) is 0 Å². The zero-order valence-corrected chi connectivity index (χ0v) is 11.6. The van der Waals surface area contributed by atoms with Crippen molar-refractivity contribution in [2.24, 2.45) is 0 Å². The van der Waals surface area contributed by atoms with Gasteiger partial charge in [0.05, 0.1) is 5.69 Å². The third kappa shape index (κ3) is 3.96. The fraction of sp³-hybridized carbons (Fsp3) is 0.0667. The predicted octanol–water partition coefficient (Wildman–Crippen LogP) is 1.62. The summed E-state index contributed by atoms with van der Waals surface area (Å²) in [7, 11) is 0. The van der Waals surface area contributed by atoms with Crippen LogP contribution in [0.25, 0.3) is 0 Å². The van der Waals surface area contributed by atoms with Crippen LogP contribution in [-0.2, 0) is 0 Å². The maximum absolute atomic E-state index is 12.1. The molecule has 106 valence electrons. The first-order chi connectivity index (χ1) is 10.1. The van der Waals surface area contributed by atoms with Gasteiger partial charge in [0.25, 0.3) is 5.91 Å². The van der Waals surface area contributed by atoms with Gasteiger partial charge in [-0.2, -0.15) is 0 Å². The van der Waals surface area contributed by atoms with Crippen molar-refractivity contribution in [1.29, 1.82) is 0 Å². The first-order valence-electron chi connectivity index (χ1n) is 6.00. The van der Waals surface area contributed by atoms with Crippen LogP contribution >= 0.6 is 11.6 Å². The number of amides is 1. The monoisotopic (exact) mass is 302 g/mol. The fourth-order valence-electron chi connectivity index (χ4n) is 1.63. The zero-order chi connectivity index (χ0) is 15.2. The number of halogens is 1. The quantitative estimate of drug-likeness (QED) is 0.737. The molecule has 0 unspecified atom stereocenters. The number of anilines is 1. The average molecular weight is 303 g/mol. The van der Waals surface area contributed by atoms with E-state index in [1.807, 2.05) is 0 Å². The molecule has 0 bridgehead atoms. The summed E-state index contributed by atoms with van der Waals surface area (Å²) in [6, 6.07) is 9.08. The third-order valence-corrected chi connectivity index (χ3v) is 2.78. The lowest BCUT2D eigenvalue weighted by molar-refractivity contribution is 0.102. The number of carbonyl (C=O) groups excluding carboxylic acids is 1. The Morgan fingerprint density at radius 2 is 2.14 bits per heavy atom. The van der Waals surface area contributed by atoms with Gasteiger partial charge in [0.15, 0.2) is 0 Å². The molecule has 1 aromatic heterocycles. The number of carbonyl (C=O) groups is 1. The fourth-order valence-corrected chi connectivity index (χ4v) is 1.81. The number of nitrogens with one attached hydrogen (secondary N) is 2. The number of rotatable bonds is 2. The van der Waals surface area contributed by atoms with Gasteiger partial charge in [-0.05, 0) is 24.3 Å². The molecule has 0 atom stereocenters. The molecule has 0 saturated heterocycles. The summed E-state index contributed by atoms with van der Waals surface area (Å²) < 4.78 is 0. The second kappa shape index (κ2) is 6.75. The molecule has 0 spiro atoms. The van der Waals surface area contributed by atoms with Crippen molar-refractivity contribution in [3.05, 3.63) is 63.0 Å². The SMILES string of the molecule is O=C(Nc1ccc(Cl)cc1C#CCO)c1cccc(=O)[nH]1. The molecule has 0 aliphatic heterocycles. The second-order valence-electron chi connectivity index (χ2n) is 4.03. The molecular weight excluding hydrogens is 292 g/mol. The Kier molecular flexibility index (Phi) is 4.77. The smallest absolute Gasteiger partial charge is 0.272 e. The summed E-state index contributed by atoms with van der Waals surface area (Å²) in [5, 5.41) is 11.8. The van der Waals surface area contributed by atoms with Gasteiger partial charge in [0, 0.05) is 16.7 Å². The van der Waals surface area contributed by atoms with E-state index in [-0.39, 0.29) is 17.9 Å². The average Bonchev–Trinajstić information content (AvgIpc) is 2.47. The highest BCUT2D eigenvalue weighted by atomic mass is 35.5. The van der Waals surface area contributed by atoms with E-state index >= 15 is 0 Å². The molecular formula is C15H11ClN2O3. The molecule has 0 aliphatic rings. The second-order valence-corrected chi connectivity index (χ2v) is 4.47. The van der Waals surface area contributed by atoms with Crippen molar-refractivity contribution >= 4 is 23.2 Å². The highest BCUT2D eigenvalue weighted by Gasteiger charge is 2.09. The van der Waals surface area contributed by atoms with Gasteiger partial charge in [-0.15, -0.1) is 0 Å². The Morgan fingerprint density at radius 1 is 1.33 bits per heavy atom. The van der Waals surface area contributed by atoms with Crippen LogP contribution in [0, 0.1) is 11.8 Å². The van der Waals surface area contributed by atoms with E-state index in [1.54, 1.807) is 18.2 Å². The molecule has 1 amide bonds. The normalized spacial score (nSPS) is 9.62. The van der Waals surface area contributed by atoms with E-state index in [0.717, 1.165) is 0 Å². The minimum Gasteiger partial charge on any atom is -0.384 e. The van der Waals surface area contributed by atoms with Crippen LogP contribution in [0.2, 0.25) is 5.02 Å². The topological polar surface area (TPSA) is 82.2 Å². The maximum atomic E-state index is 12.1. The summed E-state index contributed by atoms with van der Waals surface area (Å²) >= 11 is 5.88. The molecule has 1 aromatic carbocycles. The molecule has 0 radical (unpaired) electrons. The molecule has 0 aliphatic carbocycles. The van der Waals surface area contributed by atoms with Crippen LogP contribution in [0.5, 0.6) is 0 Å². The summed E-state index contributed by atoms with van der Waals surface area (Å²) in [5.41, 5.74) is 0.691. The van der Waals surface area contributed by atoms with E-state index in [9.17, 15) is 9.59 Å². The standard InChI is InChI=1S/C15H11ClN2O3/c16-11-6-7-12(10(9-11)3-2-8-19)18-15(21)13-4-1-5-14(20)17-13/h1,4-7,9,19H,8H2,(H,17,20)(H,18,21). The van der Waals surface area contributed by atoms with Crippen LogP contribution in [0.4, 0.5) is 5.69 Å². The Bertz CT molecular complexity index is 787. The summed E-state index contributed by atoms with van der Waals surface area (Å²) in [6.45, 7) is -0.300. The van der Waals surface area contributed by atoms with Crippen LogP contribution < -0.4 is 10.9 Å². The van der Waals surface area contributed by atoms with E-state index < -0.39 is 5.91 Å². The molecule has 21 heavy (non-hydrogen) atoms. The molecule has 3 N–H and O–H groups in total. The first kappa shape index (κ1) is 14.9. The zero-order valence-electron chi connectivity index (χ0n) is 10.8. The van der Waals surface area contributed by atoms with Gasteiger partial charge in [0.2, 0.25) is 5.56 Å². The number of aliphatic hydroxyl groups excluding tert-OH is 1. The van der Waals surface area contributed by atoms with Crippen LogP contribution in [0.1, 0.15) is 16.1 Å². The van der Waals surface area contributed by atoms with Crippen LogP contribution in [0.15, 0.2) is 41.2 Å². The molecule has 6 heteroatoms. The number of aromatic nitrogens is 1. The van der Waals surface area contributed by atoms with Gasteiger partial charge < -0.3 is 15.4 Å². The van der Waals surface area contributed by atoms with E-state index in [2.05, 4.69) is 22.1 Å². The van der Waals surface area contributed by atoms with Crippen molar-refractivity contribution in [1.82, 2.24) is 4.98 Å². The van der Waals surface area contributed by atoms with Gasteiger partial charge >= 0.3 is 0 Å². The first-order valence-corrected chi connectivity index (χ1v) is 6.38. The number of hydrogen-bond acceptors (Lipinski definition) is 3.